The predicted octanol–water partition coefficient (Wildman–Crippen LogP) is 3.39. The number of benzene rings is 1. The van der Waals surface area contributed by atoms with Crippen molar-refractivity contribution in [1.29, 1.82) is 0 Å². The Morgan fingerprint density at radius 3 is 2.78 bits per heavy atom. The maximum atomic E-state index is 5.77. The number of methoxy groups -OCH3 is 1. The van der Waals surface area contributed by atoms with Crippen molar-refractivity contribution in [2.45, 2.75) is 26.4 Å². The van der Waals surface area contributed by atoms with Crippen LogP contribution in [0.5, 0.6) is 5.75 Å². The molecule has 0 N–H and O–H groups in total. The van der Waals surface area contributed by atoms with Crippen LogP contribution in [0.25, 0.3) is 0 Å². The second-order valence-electron chi connectivity index (χ2n) is 4.10. The van der Waals surface area contributed by atoms with E-state index in [4.69, 9.17) is 21.1 Å². The van der Waals surface area contributed by atoms with E-state index in [1.165, 1.54) is 0 Å². The van der Waals surface area contributed by atoms with Gasteiger partial charge < -0.3 is 9.47 Å². The van der Waals surface area contributed by atoms with Gasteiger partial charge in [-0.15, -0.1) is 11.6 Å². The first kappa shape index (κ1) is 14.9. The average Bonchev–Trinajstić information content (AvgIpc) is 2.33. The Balaban J connectivity index is 2.71. The summed E-state index contributed by atoms with van der Waals surface area (Å²) in [6.07, 6.45) is 0.755. The molecule has 0 aliphatic rings. The lowest BCUT2D eigenvalue weighted by Crippen LogP contribution is -2.18. The maximum Gasteiger partial charge on any atom is 0.122 e. The third-order valence-electron chi connectivity index (χ3n) is 2.36. The molecular weight excluding hydrogens is 248 g/mol. The molecule has 0 aliphatic carbocycles. The molecule has 1 atom stereocenters. The van der Waals surface area contributed by atoms with Gasteiger partial charge in [-0.05, 0) is 37.6 Å². The van der Waals surface area contributed by atoms with E-state index in [1.807, 2.05) is 32.0 Å². The highest BCUT2D eigenvalue weighted by Crippen LogP contribution is 2.20. The van der Waals surface area contributed by atoms with Gasteiger partial charge in [0.1, 0.15) is 11.9 Å². The first-order valence-electron chi connectivity index (χ1n) is 5.98. The summed E-state index contributed by atoms with van der Waals surface area (Å²) in [5, 5.41) is 0. The van der Waals surface area contributed by atoms with Gasteiger partial charge in [0.15, 0.2) is 0 Å². The Morgan fingerprint density at radius 1 is 1.39 bits per heavy atom. The molecule has 18 heavy (non-hydrogen) atoms. The molecule has 0 radical (unpaired) electrons. The summed E-state index contributed by atoms with van der Waals surface area (Å²) < 4.78 is 10.8. The highest BCUT2D eigenvalue weighted by Gasteiger charge is 2.06. The fourth-order valence-electron chi connectivity index (χ4n) is 1.56. The van der Waals surface area contributed by atoms with Gasteiger partial charge in [0.25, 0.3) is 0 Å². The number of rotatable bonds is 5. The van der Waals surface area contributed by atoms with Crippen LogP contribution in [-0.4, -0.2) is 25.7 Å². The lowest BCUT2D eigenvalue weighted by molar-refractivity contribution is 0.0916. The van der Waals surface area contributed by atoms with Crippen LogP contribution in [0.4, 0.5) is 0 Å². The molecule has 1 rings (SSSR count). The van der Waals surface area contributed by atoms with Crippen LogP contribution in [0.2, 0.25) is 0 Å². The van der Waals surface area contributed by atoms with Crippen molar-refractivity contribution in [1.82, 2.24) is 0 Å². The van der Waals surface area contributed by atoms with Crippen molar-refractivity contribution in [3.05, 3.63) is 29.3 Å². The smallest absolute Gasteiger partial charge is 0.122 e. The number of ether oxygens (including phenoxy) is 2. The topological polar surface area (TPSA) is 18.5 Å². The summed E-state index contributed by atoms with van der Waals surface area (Å²) >= 11 is 5.58. The third-order valence-corrected chi connectivity index (χ3v) is 2.55. The highest BCUT2D eigenvalue weighted by molar-refractivity contribution is 6.18. The summed E-state index contributed by atoms with van der Waals surface area (Å²) in [5.74, 6) is 7.54. The van der Waals surface area contributed by atoms with Gasteiger partial charge in [0, 0.05) is 25.0 Å². The molecular formula is C15H19ClO2. The molecule has 0 fully saturated rings. The molecule has 1 aromatic carbocycles. The zero-order valence-corrected chi connectivity index (χ0v) is 11.9. The third kappa shape index (κ3) is 5.00. The van der Waals surface area contributed by atoms with Crippen LogP contribution < -0.4 is 4.74 Å². The summed E-state index contributed by atoms with van der Waals surface area (Å²) in [5.41, 5.74) is 2.07. The lowest BCUT2D eigenvalue weighted by Gasteiger charge is -2.15. The summed E-state index contributed by atoms with van der Waals surface area (Å²) in [6, 6.07) is 5.94. The van der Waals surface area contributed by atoms with E-state index in [1.54, 1.807) is 7.11 Å². The Bertz CT molecular complexity index is 432. The molecule has 0 aliphatic heterocycles. The molecule has 2 nitrogen and oxygen atoms in total. The number of halogens is 1. The van der Waals surface area contributed by atoms with Crippen LogP contribution in [0.1, 0.15) is 24.5 Å². The fraction of sp³-hybridized carbons (Fsp3) is 0.467. The van der Waals surface area contributed by atoms with Gasteiger partial charge in [-0.25, -0.2) is 0 Å². The number of hydrogen-bond donors (Lipinski definition) is 0. The van der Waals surface area contributed by atoms with Crippen LogP contribution >= 0.6 is 11.6 Å². The minimum atomic E-state index is 0.0434. The normalized spacial score (nSPS) is 11.6. The van der Waals surface area contributed by atoms with E-state index in [-0.39, 0.29) is 6.10 Å². The SMILES string of the molecule is COCC(C)Oc1ccc(C#CCCCl)cc1C. The van der Waals surface area contributed by atoms with Crippen molar-refractivity contribution in [2.24, 2.45) is 0 Å². The Labute approximate surface area is 114 Å². The molecule has 1 unspecified atom stereocenters. The zero-order chi connectivity index (χ0) is 13.4. The van der Waals surface area contributed by atoms with Crippen molar-refractivity contribution < 1.29 is 9.47 Å². The maximum absolute atomic E-state index is 5.77. The fourth-order valence-corrected chi connectivity index (χ4v) is 1.65. The minimum Gasteiger partial charge on any atom is -0.488 e. The highest BCUT2D eigenvalue weighted by atomic mass is 35.5. The molecule has 98 valence electrons. The van der Waals surface area contributed by atoms with Crippen LogP contribution in [0, 0.1) is 18.8 Å². The first-order chi connectivity index (χ1) is 8.67. The number of hydrogen-bond acceptors (Lipinski definition) is 2. The molecule has 0 spiro atoms. The lowest BCUT2D eigenvalue weighted by atomic mass is 10.1. The van der Waals surface area contributed by atoms with Crippen molar-refractivity contribution in [3.8, 4) is 17.6 Å². The quantitative estimate of drug-likeness (QED) is 0.601. The van der Waals surface area contributed by atoms with Crippen molar-refractivity contribution >= 4 is 11.6 Å². The van der Waals surface area contributed by atoms with Crippen LogP contribution in [0.3, 0.4) is 0 Å². The first-order valence-corrected chi connectivity index (χ1v) is 6.52. The van der Waals surface area contributed by atoms with E-state index >= 15 is 0 Å². The van der Waals surface area contributed by atoms with Crippen molar-refractivity contribution in [2.75, 3.05) is 19.6 Å². The second-order valence-corrected chi connectivity index (χ2v) is 4.48. The monoisotopic (exact) mass is 266 g/mol. The molecule has 0 amide bonds. The van der Waals surface area contributed by atoms with E-state index in [0.29, 0.717) is 18.9 Å². The second kappa shape index (κ2) is 8.02. The Hall–Kier alpha value is -1.17. The number of alkyl halides is 1. The minimum absolute atomic E-state index is 0.0434. The Morgan fingerprint density at radius 2 is 2.17 bits per heavy atom. The Kier molecular flexibility index (Phi) is 6.64. The van der Waals surface area contributed by atoms with Gasteiger partial charge in [-0.3, -0.25) is 0 Å². The van der Waals surface area contributed by atoms with E-state index < -0.39 is 0 Å². The van der Waals surface area contributed by atoms with Crippen molar-refractivity contribution in [3.63, 3.8) is 0 Å². The van der Waals surface area contributed by atoms with Crippen LogP contribution in [-0.2, 0) is 4.74 Å². The molecule has 0 bridgehead atoms. The molecule has 0 aromatic heterocycles. The summed E-state index contributed by atoms with van der Waals surface area (Å²) in [6.45, 7) is 4.58. The molecule has 0 saturated carbocycles. The van der Waals surface area contributed by atoms with Gasteiger partial charge in [0.05, 0.1) is 6.61 Å². The van der Waals surface area contributed by atoms with Gasteiger partial charge in [-0.2, -0.15) is 0 Å². The molecule has 0 heterocycles. The van der Waals surface area contributed by atoms with Gasteiger partial charge in [-0.1, -0.05) is 11.8 Å². The summed E-state index contributed by atoms with van der Waals surface area (Å²) in [4.78, 5) is 0. The van der Waals surface area contributed by atoms with E-state index in [9.17, 15) is 0 Å². The molecule has 1 aromatic rings. The van der Waals surface area contributed by atoms with Gasteiger partial charge in [0.2, 0.25) is 0 Å². The van der Waals surface area contributed by atoms with E-state index in [2.05, 4.69) is 11.8 Å². The standard InChI is InChI=1S/C15H19ClO2/c1-12-10-14(6-4-5-9-16)7-8-15(12)18-13(2)11-17-3/h7-8,10,13H,5,9,11H2,1-3H3. The molecule has 0 saturated heterocycles. The van der Waals surface area contributed by atoms with Gasteiger partial charge >= 0.3 is 0 Å². The summed E-state index contributed by atoms with van der Waals surface area (Å²) in [7, 11) is 1.67. The van der Waals surface area contributed by atoms with E-state index in [0.717, 1.165) is 16.9 Å². The largest absolute Gasteiger partial charge is 0.488 e. The van der Waals surface area contributed by atoms with Crippen LogP contribution in [0.15, 0.2) is 18.2 Å². The predicted molar refractivity (Wildman–Crippen MR) is 75.4 cm³/mol. The average molecular weight is 267 g/mol. The molecule has 3 heteroatoms. The zero-order valence-electron chi connectivity index (χ0n) is 11.1. The number of aryl methyl sites for hydroxylation is 1.